The summed E-state index contributed by atoms with van der Waals surface area (Å²) >= 11 is 0. The predicted molar refractivity (Wildman–Crippen MR) is 64.9 cm³/mol. The highest BCUT2D eigenvalue weighted by Crippen LogP contribution is 2.22. The number of Topliss-reactive ketones (excluding diaryl/α,β-unsaturated/α-hetero) is 1. The Labute approximate surface area is 96.9 Å². The third kappa shape index (κ3) is 2.97. The molecule has 1 heteroatoms. The van der Waals surface area contributed by atoms with Gasteiger partial charge in [-0.05, 0) is 25.0 Å². The van der Waals surface area contributed by atoms with E-state index in [1.807, 2.05) is 30.3 Å². The topological polar surface area (TPSA) is 17.1 Å². The van der Waals surface area contributed by atoms with Gasteiger partial charge in [-0.1, -0.05) is 36.5 Å². The molecule has 0 aromatic heterocycles. The van der Waals surface area contributed by atoms with Gasteiger partial charge in [0, 0.05) is 24.3 Å². The molecule has 1 aliphatic rings. The molecule has 1 fully saturated rings. The Balaban J connectivity index is 1.92. The molecule has 2 rings (SSSR count). The minimum absolute atomic E-state index is 0.199. The Morgan fingerprint density at radius 2 is 2.00 bits per heavy atom. The van der Waals surface area contributed by atoms with E-state index in [1.165, 1.54) is 6.42 Å². The second kappa shape index (κ2) is 5.51. The first-order valence-corrected chi connectivity index (χ1v) is 5.93. The molecule has 1 unspecified atom stereocenters. The summed E-state index contributed by atoms with van der Waals surface area (Å²) in [7, 11) is 0. The number of ketones is 1. The van der Waals surface area contributed by atoms with Gasteiger partial charge in [-0.15, -0.1) is 0 Å². The lowest BCUT2D eigenvalue weighted by Gasteiger charge is -2.17. The van der Waals surface area contributed by atoms with Crippen molar-refractivity contribution >= 4 is 5.78 Å². The summed E-state index contributed by atoms with van der Waals surface area (Å²) in [6.45, 7) is 0. The van der Waals surface area contributed by atoms with Crippen LogP contribution in [0.15, 0.2) is 30.3 Å². The first-order chi connectivity index (χ1) is 7.86. The Hall–Kier alpha value is -1.55. The number of hydrogen-bond donors (Lipinski definition) is 0. The largest absolute Gasteiger partial charge is 0.299 e. The Bertz CT molecular complexity index is 408. The first kappa shape index (κ1) is 11.0. The third-order valence-electron chi connectivity index (χ3n) is 3.04. The molecule has 1 saturated carbocycles. The lowest BCUT2D eigenvalue weighted by Crippen LogP contribution is -2.18. The van der Waals surface area contributed by atoms with Crippen LogP contribution in [0.2, 0.25) is 0 Å². The lowest BCUT2D eigenvalue weighted by molar-refractivity contribution is -0.124. The molecule has 0 bridgehead atoms. The van der Waals surface area contributed by atoms with Crippen LogP contribution >= 0.6 is 0 Å². The standard InChI is InChI=1S/C15H16O/c16-15-12-5-4-10-14(15)11-6-9-13-7-2-1-3-8-13/h1-3,7-8,14H,4-5,10-12H2. The van der Waals surface area contributed by atoms with E-state index in [2.05, 4.69) is 11.8 Å². The van der Waals surface area contributed by atoms with Crippen molar-refractivity contribution in [3.8, 4) is 11.8 Å². The van der Waals surface area contributed by atoms with Crippen LogP contribution < -0.4 is 0 Å². The molecule has 82 valence electrons. The van der Waals surface area contributed by atoms with E-state index in [9.17, 15) is 4.79 Å². The van der Waals surface area contributed by atoms with E-state index in [-0.39, 0.29) is 5.92 Å². The first-order valence-electron chi connectivity index (χ1n) is 5.93. The van der Waals surface area contributed by atoms with Gasteiger partial charge in [0.25, 0.3) is 0 Å². The van der Waals surface area contributed by atoms with Crippen LogP contribution in [-0.2, 0) is 4.79 Å². The molecule has 0 amide bonds. The third-order valence-corrected chi connectivity index (χ3v) is 3.04. The fraction of sp³-hybridized carbons (Fsp3) is 0.400. The van der Waals surface area contributed by atoms with Crippen molar-refractivity contribution in [2.45, 2.75) is 32.1 Å². The summed E-state index contributed by atoms with van der Waals surface area (Å²) in [6, 6.07) is 9.94. The number of carbonyl (C=O) groups is 1. The Morgan fingerprint density at radius 3 is 2.75 bits per heavy atom. The minimum Gasteiger partial charge on any atom is -0.299 e. The van der Waals surface area contributed by atoms with E-state index in [4.69, 9.17) is 0 Å². The van der Waals surface area contributed by atoms with Crippen LogP contribution in [0.3, 0.4) is 0 Å². The summed E-state index contributed by atoms with van der Waals surface area (Å²) < 4.78 is 0. The maximum Gasteiger partial charge on any atom is 0.136 e. The summed E-state index contributed by atoms with van der Waals surface area (Å²) in [6.07, 6.45) is 4.78. The van der Waals surface area contributed by atoms with Gasteiger partial charge in [-0.2, -0.15) is 0 Å². The molecule has 1 aliphatic carbocycles. The van der Waals surface area contributed by atoms with Gasteiger partial charge < -0.3 is 0 Å². The van der Waals surface area contributed by atoms with Crippen molar-refractivity contribution < 1.29 is 4.79 Å². The van der Waals surface area contributed by atoms with Crippen LogP contribution in [0.4, 0.5) is 0 Å². The molecule has 0 saturated heterocycles. The minimum atomic E-state index is 0.199. The number of benzene rings is 1. The van der Waals surface area contributed by atoms with Gasteiger partial charge in [-0.25, -0.2) is 0 Å². The van der Waals surface area contributed by atoms with Crippen LogP contribution in [-0.4, -0.2) is 5.78 Å². The van der Waals surface area contributed by atoms with Crippen molar-refractivity contribution in [3.63, 3.8) is 0 Å². The summed E-state index contributed by atoms with van der Waals surface area (Å²) in [5, 5.41) is 0. The van der Waals surface area contributed by atoms with E-state index < -0.39 is 0 Å². The van der Waals surface area contributed by atoms with Gasteiger partial charge in [0.15, 0.2) is 0 Å². The summed E-state index contributed by atoms with van der Waals surface area (Å²) in [4.78, 5) is 11.6. The van der Waals surface area contributed by atoms with Crippen molar-refractivity contribution in [2.75, 3.05) is 0 Å². The molecule has 0 N–H and O–H groups in total. The van der Waals surface area contributed by atoms with Crippen LogP contribution in [0, 0.1) is 17.8 Å². The number of hydrogen-bond acceptors (Lipinski definition) is 1. The van der Waals surface area contributed by atoms with E-state index in [0.717, 1.165) is 31.2 Å². The van der Waals surface area contributed by atoms with Crippen molar-refractivity contribution in [3.05, 3.63) is 35.9 Å². The van der Waals surface area contributed by atoms with Crippen LogP contribution in [0.5, 0.6) is 0 Å². The Kier molecular flexibility index (Phi) is 3.77. The molecule has 0 radical (unpaired) electrons. The Morgan fingerprint density at radius 1 is 1.19 bits per heavy atom. The zero-order valence-corrected chi connectivity index (χ0v) is 9.41. The highest BCUT2D eigenvalue weighted by Gasteiger charge is 2.20. The molecule has 0 spiro atoms. The predicted octanol–water partition coefficient (Wildman–Crippen LogP) is 3.19. The molecule has 1 nitrogen and oxygen atoms in total. The van der Waals surface area contributed by atoms with Crippen LogP contribution in [0.25, 0.3) is 0 Å². The van der Waals surface area contributed by atoms with Crippen molar-refractivity contribution in [1.82, 2.24) is 0 Å². The SMILES string of the molecule is O=C1CCCCC1CC#Cc1ccccc1. The van der Waals surface area contributed by atoms with Crippen LogP contribution in [0.1, 0.15) is 37.7 Å². The number of carbonyl (C=O) groups excluding carboxylic acids is 1. The molecule has 1 atom stereocenters. The van der Waals surface area contributed by atoms with Crippen molar-refractivity contribution in [2.24, 2.45) is 5.92 Å². The molecule has 1 aromatic carbocycles. The van der Waals surface area contributed by atoms with E-state index in [1.54, 1.807) is 0 Å². The fourth-order valence-corrected chi connectivity index (χ4v) is 2.07. The maximum absolute atomic E-state index is 11.6. The van der Waals surface area contributed by atoms with E-state index in [0.29, 0.717) is 5.78 Å². The second-order valence-corrected chi connectivity index (χ2v) is 4.28. The second-order valence-electron chi connectivity index (χ2n) is 4.28. The zero-order valence-electron chi connectivity index (χ0n) is 9.41. The molecular formula is C15H16O. The molecule has 16 heavy (non-hydrogen) atoms. The molecule has 0 heterocycles. The molecule has 0 aliphatic heterocycles. The van der Waals surface area contributed by atoms with Gasteiger partial charge >= 0.3 is 0 Å². The van der Waals surface area contributed by atoms with Gasteiger partial charge in [0.1, 0.15) is 5.78 Å². The van der Waals surface area contributed by atoms with Gasteiger partial charge in [0.2, 0.25) is 0 Å². The smallest absolute Gasteiger partial charge is 0.136 e. The summed E-state index contributed by atoms with van der Waals surface area (Å²) in [5.41, 5.74) is 1.03. The van der Waals surface area contributed by atoms with Gasteiger partial charge in [-0.3, -0.25) is 4.79 Å². The maximum atomic E-state index is 11.6. The lowest BCUT2D eigenvalue weighted by atomic mass is 9.86. The molecule has 1 aromatic rings. The number of rotatable bonds is 1. The zero-order chi connectivity index (χ0) is 11.2. The fourth-order valence-electron chi connectivity index (χ4n) is 2.07. The monoisotopic (exact) mass is 212 g/mol. The highest BCUT2D eigenvalue weighted by molar-refractivity contribution is 5.81. The highest BCUT2D eigenvalue weighted by atomic mass is 16.1. The van der Waals surface area contributed by atoms with Gasteiger partial charge in [0.05, 0.1) is 0 Å². The normalized spacial score (nSPS) is 20.0. The quantitative estimate of drug-likeness (QED) is 0.653. The van der Waals surface area contributed by atoms with Crippen molar-refractivity contribution in [1.29, 1.82) is 0 Å². The average Bonchev–Trinajstić information content (AvgIpc) is 2.33. The molecular weight excluding hydrogens is 196 g/mol. The summed E-state index contributed by atoms with van der Waals surface area (Å²) in [5.74, 6) is 6.85. The van der Waals surface area contributed by atoms with E-state index >= 15 is 0 Å². The average molecular weight is 212 g/mol.